The predicted octanol–water partition coefficient (Wildman–Crippen LogP) is 0.203. The van der Waals surface area contributed by atoms with E-state index >= 15 is 0 Å². The number of carbonyl (C=O) groups is 2. The first-order valence-electron chi connectivity index (χ1n) is 7.48. The van der Waals surface area contributed by atoms with Gasteiger partial charge in [-0.15, -0.1) is 0 Å². The van der Waals surface area contributed by atoms with Crippen molar-refractivity contribution < 1.29 is 19.8 Å². The van der Waals surface area contributed by atoms with Crippen molar-refractivity contribution in [3.63, 3.8) is 0 Å². The number of hydrogen-bond donors (Lipinski definition) is 3. The Morgan fingerprint density at radius 1 is 1.40 bits per heavy atom. The number of aliphatic hydroxyl groups is 1. The number of carboxylic acids is 1. The van der Waals surface area contributed by atoms with Gasteiger partial charge < -0.3 is 15.5 Å². The highest BCUT2D eigenvalue weighted by Crippen LogP contribution is 2.28. The number of carboxylic acid groups (broad SMARTS) is 1. The average molecular weight is 284 g/mol. The molecule has 6 heteroatoms. The van der Waals surface area contributed by atoms with Crippen molar-refractivity contribution in [3.8, 4) is 0 Å². The summed E-state index contributed by atoms with van der Waals surface area (Å²) in [6.07, 6.45) is 4.92. The van der Waals surface area contributed by atoms with Crippen LogP contribution in [0.25, 0.3) is 0 Å². The maximum Gasteiger partial charge on any atom is 0.305 e. The van der Waals surface area contributed by atoms with Crippen LogP contribution in [-0.2, 0) is 9.59 Å². The van der Waals surface area contributed by atoms with E-state index in [1.165, 1.54) is 25.7 Å². The van der Waals surface area contributed by atoms with E-state index in [-0.39, 0.29) is 12.3 Å². The molecule has 0 radical (unpaired) electrons. The summed E-state index contributed by atoms with van der Waals surface area (Å²) in [7, 11) is 0. The molecule has 2 aliphatic rings. The first kappa shape index (κ1) is 15.3. The lowest BCUT2D eigenvalue weighted by Gasteiger charge is -2.35. The van der Waals surface area contributed by atoms with E-state index in [4.69, 9.17) is 5.11 Å². The van der Waals surface area contributed by atoms with E-state index < -0.39 is 18.1 Å². The highest BCUT2D eigenvalue weighted by Gasteiger charge is 2.33. The maximum atomic E-state index is 11.8. The van der Waals surface area contributed by atoms with Gasteiger partial charge in [0.05, 0.1) is 18.6 Å². The number of piperazine rings is 1. The first-order chi connectivity index (χ1) is 9.56. The number of nitrogens with zero attached hydrogens (tertiary/aromatic N) is 1. The topological polar surface area (TPSA) is 89.9 Å². The summed E-state index contributed by atoms with van der Waals surface area (Å²) < 4.78 is 0. The lowest BCUT2D eigenvalue weighted by Crippen LogP contribution is -2.57. The molecule has 1 amide bonds. The quantitative estimate of drug-likeness (QED) is 0.648. The molecule has 0 aromatic heterocycles. The molecule has 0 aromatic rings. The second-order valence-electron chi connectivity index (χ2n) is 5.94. The summed E-state index contributed by atoms with van der Waals surface area (Å²) >= 11 is 0. The van der Waals surface area contributed by atoms with Crippen molar-refractivity contribution in [2.75, 3.05) is 19.6 Å². The molecule has 1 saturated heterocycles. The van der Waals surface area contributed by atoms with Gasteiger partial charge in [0.15, 0.2) is 0 Å². The summed E-state index contributed by atoms with van der Waals surface area (Å²) in [5.74, 6) is -0.643. The van der Waals surface area contributed by atoms with Gasteiger partial charge in [0.25, 0.3) is 0 Å². The van der Waals surface area contributed by atoms with Crippen LogP contribution in [0.15, 0.2) is 0 Å². The van der Waals surface area contributed by atoms with E-state index in [0.717, 1.165) is 6.42 Å². The summed E-state index contributed by atoms with van der Waals surface area (Å²) in [4.78, 5) is 24.4. The normalized spacial score (nSPS) is 26.4. The number of aliphatic hydroxyl groups excluding tert-OH is 1. The highest BCUT2D eigenvalue weighted by molar-refractivity contribution is 5.86. The van der Waals surface area contributed by atoms with Gasteiger partial charge in [-0.3, -0.25) is 14.5 Å². The Morgan fingerprint density at radius 3 is 2.75 bits per heavy atom. The number of hydrogen-bond acceptors (Lipinski definition) is 4. The molecular weight excluding hydrogens is 260 g/mol. The zero-order valence-corrected chi connectivity index (χ0v) is 11.8. The van der Waals surface area contributed by atoms with Crippen molar-refractivity contribution in [2.24, 2.45) is 5.92 Å². The molecule has 3 N–H and O–H groups in total. The van der Waals surface area contributed by atoms with Crippen molar-refractivity contribution in [1.82, 2.24) is 10.2 Å². The fourth-order valence-corrected chi connectivity index (χ4v) is 3.34. The Morgan fingerprint density at radius 2 is 2.10 bits per heavy atom. The van der Waals surface area contributed by atoms with Crippen LogP contribution in [0.5, 0.6) is 0 Å². The molecule has 20 heavy (non-hydrogen) atoms. The maximum absolute atomic E-state index is 11.8. The summed E-state index contributed by atoms with van der Waals surface area (Å²) in [5, 5.41) is 21.8. The van der Waals surface area contributed by atoms with Gasteiger partial charge in [-0.25, -0.2) is 0 Å². The largest absolute Gasteiger partial charge is 0.481 e. The van der Waals surface area contributed by atoms with E-state index in [1.54, 1.807) is 0 Å². The number of β-amino-alcohol motifs (C(OH)–C–C–N with tert-alkyl or cyclic N) is 1. The van der Waals surface area contributed by atoms with Gasteiger partial charge in [0.1, 0.15) is 0 Å². The van der Waals surface area contributed by atoms with Gasteiger partial charge in [0.2, 0.25) is 5.91 Å². The van der Waals surface area contributed by atoms with Crippen LogP contribution < -0.4 is 5.32 Å². The zero-order valence-electron chi connectivity index (χ0n) is 11.8. The summed E-state index contributed by atoms with van der Waals surface area (Å²) in [6, 6.07) is -0.653. The van der Waals surface area contributed by atoms with Crippen LogP contribution in [0, 0.1) is 5.92 Å². The zero-order chi connectivity index (χ0) is 14.5. The monoisotopic (exact) mass is 284 g/mol. The van der Waals surface area contributed by atoms with Gasteiger partial charge in [-0.2, -0.15) is 0 Å². The van der Waals surface area contributed by atoms with Crippen LogP contribution in [0.2, 0.25) is 0 Å². The Bertz CT molecular complexity index is 355. The SMILES string of the molecule is O=C(O)CC1C(=O)NCCN1CC(O)CC1CCCC1. The molecular formula is C14H24N2O4. The number of rotatable bonds is 6. The standard InChI is InChI=1S/C14H24N2O4/c17-11(7-10-3-1-2-4-10)9-16-6-5-15-14(20)12(16)8-13(18)19/h10-12,17H,1-9H2,(H,15,20)(H,18,19). The Labute approximate surface area is 119 Å². The van der Waals surface area contributed by atoms with Crippen molar-refractivity contribution in [2.45, 2.75) is 50.7 Å². The highest BCUT2D eigenvalue weighted by atomic mass is 16.4. The van der Waals surface area contributed by atoms with E-state index in [0.29, 0.717) is 25.6 Å². The van der Waals surface area contributed by atoms with Crippen molar-refractivity contribution in [3.05, 3.63) is 0 Å². The lowest BCUT2D eigenvalue weighted by atomic mass is 9.99. The van der Waals surface area contributed by atoms with Crippen LogP contribution in [0.3, 0.4) is 0 Å². The third kappa shape index (κ3) is 4.18. The Kier molecular flexibility index (Phi) is 5.37. The fourth-order valence-electron chi connectivity index (χ4n) is 3.34. The molecule has 2 fully saturated rings. The minimum absolute atomic E-state index is 0.206. The molecule has 1 heterocycles. The third-order valence-electron chi connectivity index (χ3n) is 4.34. The molecule has 6 nitrogen and oxygen atoms in total. The van der Waals surface area contributed by atoms with Crippen molar-refractivity contribution in [1.29, 1.82) is 0 Å². The van der Waals surface area contributed by atoms with E-state index in [2.05, 4.69) is 5.32 Å². The van der Waals surface area contributed by atoms with E-state index in [1.807, 2.05) is 4.90 Å². The molecule has 2 atom stereocenters. The van der Waals surface area contributed by atoms with Gasteiger partial charge >= 0.3 is 5.97 Å². The summed E-state index contributed by atoms with van der Waals surface area (Å²) in [6.45, 7) is 1.51. The van der Waals surface area contributed by atoms with Crippen LogP contribution in [-0.4, -0.2) is 58.8 Å². The van der Waals surface area contributed by atoms with Gasteiger partial charge in [-0.05, 0) is 12.3 Å². The molecule has 0 aromatic carbocycles. The fraction of sp³-hybridized carbons (Fsp3) is 0.857. The van der Waals surface area contributed by atoms with Crippen LogP contribution >= 0.6 is 0 Å². The molecule has 114 valence electrons. The molecule has 0 spiro atoms. The molecule has 2 unspecified atom stereocenters. The number of nitrogens with one attached hydrogen (secondary N) is 1. The first-order valence-corrected chi connectivity index (χ1v) is 7.48. The molecule has 1 aliphatic heterocycles. The smallest absolute Gasteiger partial charge is 0.305 e. The summed E-state index contributed by atoms with van der Waals surface area (Å²) in [5.41, 5.74) is 0. The van der Waals surface area contributed by atoms with E-state index in [9.17, 15) is 14.7 Å². The van der Waals surface area contributed by atoms with Crippen molar-refractivity contribution >= 4 is 11.9 Å². The lowest BCUT2D eigenvalue weighted by molar-refractivity contribution is -0.143. The predicted molar refractivity (Wildman–Crippen MR) is 73.2 cm³/mol. The third-order valence-corrected chi connectivity index (χ3v) is 4.34. The second kappa shape index (κ2) is 7.04. The number of carbonyl (C=O) groups excluding carboxylic acids is 1. The van der Waals surface area contributed by atoms with Gasteiger partial charge in [-0.1, -0.05) is 25.7 Å². The molecule has 2 rings (SSSR count). The molecule has 1 saturated carbocycles. The van der Waals surface area contributed by atoms with Crippen LogP contribution in [0.4, 0.5) is 0 Å². The van der Waals surface area contributed by atoms with Gasteiger partial charge in [0, 0.05) is 19.6 Å². The Balaban J connectivity index is 1.87. The molecule has 0 bridgehead atoms. The minimum Gasteiger partial charge on any atom is -0.481 e. The molecule has 1 aliphatic carbocycles. The number of amides is 1. The second-order valence-corrected chi connectivity index (χ2v) is 5.94. The number of aliphatic carboxylic acids is 1. The Hall–Kier alpha value is -1.14. The minimum atomic E-state index is -0.984. The van der Waals surface area contributed by atoms with Crippen LogP contribution in [0.1, 0.15) is 38.5 Å². The average Bonchev–Trinajstić information content (AvgIpc) is 2.86.